The molecule has 0 saturated heterocycles. The number of fused-ring (bicyclic) bond motifs is 1. The van der Waals surface area contributed by atoms with Crippen LogP contribution in [0.3, 0.4) is 0 Å². The Morgan fingerprint density at radius 3 is 2.38 bits per heavy atom. The van der Waals surface area contributed by atoms with Gasteiger partial charge in [0.15, 0.2) is 0 Å². The van der Waals surface area contributed by atoms with E-state index in [9.17, 15) is 4.79 Å². The lowest BCUT2D eigenvalue weighted by molar-refractivity contribution is -0.123. The molecule has 1 saturated carbocycles. The molecule has 3 N–H and O–H groups in total. The second-order valence-electron chi connectivity index (χ2n) is 6.96. The number of nitrogens with two attached hydrogens (primary N) is 1. The zero-order chi connectivity index (χ0) is 16.6. The molecule has 2 aromatic carbocycles. The molecule has 1 aliphatic heterocycles. The minimum absolute atomic E-state index is 0. The van der Waals surface area contributed by atoms with Crippen molar-refractivity contribution in [3.8, 4) is 0 Å². The van der Waals surface area contributed by atoms with Crippen molar-refractivity contribution in [2.45, 2.75) is 37.9 Å². The van der Waals surface area contributed by atoms with Crippen LogP contribution in [0.15, 0.2) is 48.5 Å². The highest BCUT2D eigenvalue weighted by Gasteiger charge is 2.45. The molecule has 2 aromatic rings. The van der Waals surface area contributed by atoms with E-state index in [1.54, 1.807) is 0 Å². The molecule has 1 aliphatic carbocycles. The molecule has 0 radical (unpaired) electrons. The van der Waals surface area contributed by atoms with Crippen molar-refractivity contribution < 1.29 is 4.79 Å². The molecule has 1 fully saturated rings. The first-order valence-corrected chi connectivity index (χ1v) is 8.62. The third-order valence-corrected chi connectivity index (χ3v) is 5.07. The highest BCUT2D eigenvalue weighted by molar-refractivity contribution is 5.88. The second kappa shape index (κ2) is 8.30. The summed E-state index contributed by atoms with van der Waals surface area (Å²) < 4.78 is 0. The normalized spacial score (nSPS) is 16.1. The molecule has 0 spiro atoms. The van der Waals surface area contributed by atoms with E-state index in [0.29, 0.717) is 6.54 Å². The lowest BCUT2D eigenvalue weighted by atomic mass is 10.1. The van der Waals surface area contributed by atoms with E-state index >= 15 is 0 Å². The fourth-order valence-electron chi connectivity index (χ4n) is 3.27. The summed E-state index contributed by atoms with van der Waals surface area (Å²) in [5.41, 5.74) is 10.5. The highest BCUT2D eigenvalue weighted by Crippen LogP contribution is 2.32. The molecule has 0 aromatic heterocycles. The van der Waals surface area contributed by atoms with Crippen molar-refractivity contribution in [1.29, 1.82) is 0 Å². The summed E-state index contributed by atoms with van der Waals surface area (Å²) in [6.45, 7) is 2.55. The Bertz CT molecular complexity index is 760. The van der Waals surface area contributed by atoms with E-state index in [0.717, 1.165) is 37.9 Å². The summed E-state index contributed by atoms with van der Waals surface area (Å²) in [5.74, 6) is -0.0275. The third-order valence-electron chi connectivity index (χ3n) is 5.07. The summed E-state index contributed by atoms with van der Waals surface area (Å²) in [6, 6.07) is 17.1. The largest absolute Gasteiger partial charge is 0.367 e. The van der Waals surface area contributed by atoms with Crippen LogP contribution in [0.1, 0.15) is 29.5 Å². The second-order valence-corrected chi connectivity index (χ2v) is 6.96. The van der Waals surface area contributed by atoms with Gasteiger partial charge in [0.1, 0.15) is 0 Å². The molecule has 4 rings (SSSR count). The quantitative estimate of drug-likeness (QED) is 0.819. The Balaban J connectivity index is 0.00000121. The molecule has 1 amide bonds. The lowest BCUT2D eigenvalue weighted by Crippen LogP contribution is -2.42. The molecule has 0 unspecified atom stereocenters. The zero-order valence-electron chi connectivity index (χ0n) is 14.6. The molecule has 0 atom stereocenters. The molecule has 2 aliphatic rings. The summed E-state index contributed by atoms with van der Waals surface area (Å²) in [7, 11) is 0. The minimum Gasteiger partial charge on any atom is -0.367 e. The number of carbonyl (C=O) groups is 1. The number of nitrogens with one attached hydrogen (secondary N) is 1. The van der Waals surface area contributed by atoms with Gasteiger partial charge in [0.05, 0.1) is 5.54 Å². The Labute approximate surface area is 167 Å². The maximum Gasteiger partial charge on any atom is 0.240 e. The number of amides is 1. The average molecular weight is 394 g/mol. The Morgan fingerprint density at radius 2 is 1.69 bits per heavy atom. The summed E-state index contributed by atoms with van der Waals surface area (Å²) in [6.07, 6.45) is 2.73. The summed E-state index contributed by atoms with van der Waals surface area (Å²) in [5, 5.41) is 2.93. The molecular weight excluding hydrogens is 369 g/mol. The number of benzene rings is 2. The van der Waals surface area contributed by atoms with Gasteiger partial charge in [-0.05, 0) is 42.0 Å². The van der Waals surface area contributed by atoms with Crippen LogP contribution in [0, 0.1) is 0 Å². The van der Waals surface area contributed by atoms with Gasteiger partial charge in [-0.2, -0.15) is 0 Å². The first-order valence-electron chi connectivity index (χ1n) is 8.62. The van der Waals surface area contributed by atoms with Crippen LogP contribution in [-0.4, -0.2) is 18.0 Å². The first-order chi connectivity index (χ1) is 11.6. The topological polar surface area (TPSA) is 58.4 Å². The van der Waals surface area contributed by atoms with Gasteiger partial charge in [0, 0.05) is 25.3 Å². The van der Waals surface area contributed by atoms with E-state index < -0.39 is 5.54 Å². The molecule has 26 heavy (non-hydrogen) atoms. The van der Waals surface area contributed by atoms with Crippen molar-refractivity contribution in [3.05, 3.63) is 65.2 Å². The van der Waals surface area contributed by atoms with Gasteiger partial charge in [0.2, 0.25) is 5.91 Å². The van der Waals surface area contributed by atoms with Gasteiger partial charge in [-0.15, -0.1) is 24.8 Å². The monoisotopic (exact) mass is 393 g/mol. The maximum atomic E-state index is 11.9. The van der Waals surface area contributed by atoms with Crippen LogP contribution in [0.2, 0.25) is 0 Å². The van der Waals surface area contributed by atoms with E-state index in [1.807, 2.05) is 0 Å². The van der Waals surface area contributed by atoms with Crippen molar-refractivity contribution in [1.82, 2.24) is 5.32 Å². The van der Waals surface area contributed by atoms with Crippen LogP contribution in [0.5, 0.6) is 0 Å². The van der Waals surface area contributed by atoms with Crippen LogP contribution in [-0.2, 0) is 24.3 Å². The maximum absolute atomic E-state index is 11.9. The number of carbonyl (C=O) groups excluding carboxylic acids is 1. The zero-order valence-corrected chi connectivity index (χ0v) is 16.2. The van der Waals surface area contributed by atoms with Gasteiger partial charge in [-0.3, -0.25) is 4.79 Å². The standard InChI is InChI=1S/C20H23N3O.2ClH/c21-20(10-11-20)19(24)22-13-15-5-7-16(8-6-15)14-23-12-9-17-3-1-2-4-18(17)23;;/h1-8H,9-14,21H2,(H,22,24);2*1H. The van der Waals surface area contributed by atoms with Crippen molar-refractivity contribution in [2.75, 3.05) is 11.4 Å². The molecule has 1 heterocycles. The smallest absolute Gasteiger partial charge is 0.240 e. The molecule has 140 valence electrons. The number of para-hydroxylation sites is 1. The van der Waals surface area contributed by atoms with Gasteiger partial charge in [-0.25, -0.2) is 0 Å². The molecular formula is C20H25Cl2N3O. The summed E-state index contributed by atoms with van der Waals surface area (Å²) in [4.78, 5) is 14.3. The number of rotatable bonds is 5. The van der Waals surface area contributed by atoms with E-state index in [4.69, 9.17) is 5.73 Å². The Morgan fingerprint density at radius 1 is 1.04 bits per heavy atom. The number of hydrogen-bond acceptors (Lipinski definition) is 3. The number of nitrogens with zero attached hydrogens (tertiary/aromatic N) is 1. The first kappa shape index (κ1) is 20.6. The van der Waals surface area contributed by atoms with Gasteiger partial charge in [-0.1, -0.05) is 42.5 Å². The Hall–Kier alpha value is -1.75. The fraction of sp³-hybridized carbons (Fsp3) is 0.350. The van der Waals surface area contributed by atoms with Crippen LogP contribution >= 0.6 is 24.8 Å². The van der Waals surface area contributed by atoms with E-state index in [1.165, 1.54) is 16.8 Å². The Kier molecular flexibility index (Phi) is 6.56. The van der Waals surface area contributed by atoms with Gasteiger partial charge < -0.3 is 16.0 Å². The van der Waals surface area contributed by atoms with Crippen LogP contribution in [0.25, 0.3) is 0 Å². The predicted octanol–water partition coefficient (Wildman–Crippen LogP) is 3.20. The molecule has 4 nitrogen and oxygen atoms in total. The third kappa shape index (κ3) is 4.32. The number of hydrogen-bond donors (Lipinski definition) is 2. The van der Waals surface area contributed by atoms with Gasteiger partial charge in [0.25, 0.3) is 0 Å². The van der Waals surface area contributed by atoms with Crippen LogP contribution < -0.4 is 16.0 Å². The SMILES string of the molecule is Cl.Cl.NC1(C(=O)NCc2ccc(CN3CCc4ccccc43)cc2)CC1. The lowest BCUT2D eigenvalue weighted by Gasteiger charge is -2.19. The van der Waals surface area contributed by atoms with Gasteiger partial charge >= 0.3 is 0 Å². The average Bonchev–Trinajstić information content (AvgIpc) is 3.24. The van der Waals surface area contributed by atoms with Crippen molar-refractivity contribution >= 4 is 36.4 Å². The number of anilines is 1. The highest BCUT2D eigenvalue weighted by atomic mass is 35.5. The predicted molar refractivity (Wildman–Crippen MR) is 110 cm³/mol. The molecule has 0 bridgehead atoms. The number of halogens is 2. The molecule has 6 heteroatoms. The van der Waals surface area contributed by atoms with E-state index in [-0.39, 0.29) is 30.7 Å². The fourth-order valence-corrected chi connectivity index (χ4v) is 3.27. The van der Waals surface area contributed by atoms with E-state index in [2.05, 4.69) is 58.7 Å². The van der Waals surface area contributed by atoms with Crippen LogP contribution in [0.4, 0.5) is 5.69 Å². The van der Waals surface area contributed by atoms with Crippen molar-refractivity contribution in [2.24, 2.45) is 5.73 Å². The summed E-state index contributed by atoms with van der Waals surface area (Å²) >= 11 is 0. The van der Waals surface area contributed by atoms with Crippen molar-refractivity contribution in [3.63, 3.8) is 0 Å². The minimum atomic E-state index is -0.594.